The van der Waals surface area contributed by atoms with E-state index in [9.17, 15) is 5.11 Å². The highest BCUT2D eigenvalue weighted by Gasteiger charge is 2.18. The zero-order valence-corrected chi connectivity index (χ0v) is 13.3. The van der Waals surface area contributed by atoms with Gasteiger partial charge in [-0.05, 0) is 38.9 Å². The molecule has 4 heteroatoms. The highest BCUT2D eigenvalue weighted by molar-refractivity contribution is 5.60. The average molecular weight is 280 g/mol. The van der Waals surface area contributed by atoms with Crippen LogP contribution in [-0.4, -0.2) is 38.5 Å². The van der Waals surface area contributed by atoms with E-state index in [0.29, 0.717) is 6.54 Å². The zero-order chi connectivity index (χ0) is 15.1. The number of aliphatic hydroxyl groups excluding tert-OH is 1. The van der Waals surface area contributed by atoms with Crippen LogP contribution in [0.25, 0.3) is 0 Å². The van der Waals surface area contributed by atoms with Gasteiger partial charge in [0.1, 0.15) is 5.75 Å². The van der Waals surface area contributed by atoms with Crippen LogP contribution in [-0.2, 0) is 0 Å². The second-order valence-corrected chi connectivity index (χ2v) is 5.30. The maximum atomic E-state index is 9.59. The molecule has 0 saturated carbocycles. The largest absolute Gasteiger partial charge is 0.496 e. The van der Waals surface area contributed by atoms with Gasteiger partial charge in [0.05, 0.1) is 13.2 Å². The van der Waals surface area contributed by atoms with Gasteiger partial charge in [-0.15, -0.1) is 0 Å². The lowest BCUT2D eigenvalue weighted by molar-refractivity contribution is 0.201. The van der Waals surface area contributed by atoms with E-state index in [1.807, 2.05) is 19.2 Å². The number of anilines is 1. The van der Waals surface area contributed by atoms with E-state index in [1.165, 1.54) is 0 Å². The Balaban J connectivity index is 3.09. The number of benzene rings is 1. The van der Waals surface area contributed by atoms with Gasteiger partial charge in [-0.2, -0.15) is 0 Å². The summed E-state index contributed by atoms with van der Waals surface area (Å²) in [6.07, 6.45) is 0.733. The molecular formula is C16H28N2O2. The average Bonchev–Trinajstić information content (AvgIpc) is 2.42. The Morgan fingerprint density at radius 3 is 2.60 bits per heavy atom. The predicted molar refractivity (Wildman–Crippen MR) is 84.7 cm³/mol. The smallest absolute Gasteiger partial charge is 0.125 e. The molecule has 4 nitrogen and oxygen atoms in total. The maximum absolute atomic E-state index is 9.59. The first kappa shape index (κ1) is 16.8. The van der Waals surface area contributed by atoms with Crippen molar-refractivity contribution in [2.75, 3.05) is 32.1 Å². The van der Waals surface area contributed by atoms with Gasteiger partial charge in [0.15, 0.2) is 0 Å². The summed E-state index contributed by atoms with van der Waals surface area (Å²) in [6, 6.07) is 6.25. The molecule has 1 aromatic rings. The lowest BCUT2D eigenvalue weighted by Gasteiger charge is -2.28. The number of aliphatic hydroxyl groups is 1. The monoisotopic (exact) mass is 280 g/mol. The molecule has 0 aliphatic heterocycles. The molecule has 1 rings (SSSR count). The van der Waals surface area contributed by atoms with Crippen molar-refractivity contribution in [2.45, 2.75) is 39.3 Å². The van der Waals surface area contributed by atoms with E-state index < -0.39 is 0 Å². The molecule has 0 aliphatic carbocycles. The van der Waals surface area contributed by atoms with Crippen molar-refractivity contribution in [2.24, 2.45) is 0 Å². The molecular weight excluding hydrogens is 252 g/mol. The minimum atomic E-state index is -0.363. The molecule has 0 aliphatic rings. The van der Waals surface area contributed by atoms with E-state index in [2.05, 4.69) is 30.1 Å². The third-order valence-electron chi connectivity index (χ3n) is 3.35. The fraction of sp³-hybridized carbons (Fsp3) is 0.625. The van der Waals surface area contributed by atoms with Gasteiger partial charge < -0.3 is 20.1 Å². The topological polar surface area (TPSA) is 44.7 Å². The molecule has 0 saturated heterocycles. The molecule has 0 bridgehead atoms. The first-order chi connectivity index (χ1) is 9.51. The zero-order valence-electron chi connectivity index (χ0n) is 13.3. The molecule has 0 aromatic heterocycles. The predicted octanol–water partition coefficient (Wildman–Crippen LogP) is 2.57. The third-order valence-corrected chi connectivity index (χ3v) is 3.35. The van der Waals surface area contributed by atoms with E-state index >= 15 is 0 Å². The molecule has 1 aromatic carbocycles. The van der Waals surface area contributed by atoms with E-state index in [1.54, 1.807) is 14.0 Å². The van der Waals surface area contributed by atoms with Gasteiger partial charge in [-0.1, -0.05) is 13.0 Å². The van der Waals surface area contributed by atoms with Crippen LogP contribution in [0.4, 0.5) is 5.69 Å². The lowest BCUT2D eigenvalue weighted by atomic mass is 10.0. The molecule has 2 atom stereocenters. The Kier molecular flexibility index (Phi) is 6.82. The Hall–Kier alpha value is -1.26. The van der Waals surface area contributed by atoms with Crippen molar-refractivity contribution in [3.8, 4) is 5.75 Å². The molecule has 0 heterocycles. The summed E-state index contributed by atoms with van der Waals surface area (Å²) >= 11 is 0. The Morgan fingerprint density at radius 2 is 2.05 bits per heavy atom. The maximum Gasteiger partial charge on any atom is 0.125 e. The normalized spacial score (nSPS) is 13.9. The first-order valence-electron chi connectivity index (χ1n) is 7.30. The minimum Gasteiger partial charge on any atom is -0.496 e. The van der Waals surface area contributed by atoms with Crippen molar-refractivity contribution < 1.29 is 9.84 Å². The van der Waals surface area contributed by atoms with Crippen molar-refractivity contribution >= 4 is 5.69 Å². The summed E-state index contributed by atoms with van der Waals surface area (Å²) < 4.78 is 5.51. The van der Waals surface area contributed by atoms with Gasteiger partial charge >= 0.3 is 0 Å². The lowest BCUT2D eigenvalue weighted by Crippen LogP contribution is -2.29. The van der Waals surface area contributed by atoms with Crippen LogP contribution in [0.2, 0.25) is 0 Å². The van der Waals surface area contributed by atoms with Crippen LogP contribution >= 0.6 is 0 Å². The summed E-state index contributed by atoms with van der Waals surface area (Å²) in [4.78, 5) is 2.08. The molecule has 114 valence electrons. The first-order valence-corrected chi connectivity index (χ1v) is 7.30. The number of nitrogens with one attached hydrogen (secondary N) is 1. The molecule has 2 N–H and O–H groups in total. The second-order valence-electron chi connectivity index (χ2n) is 5.30. The number of likely N-dealkylation sites (N-methyl/N-ethyl adjacent to an activating group) is 1. The van der Waals surface area contributed by atoms with Crippen LogP contribution in [0.3, 0.4) is 0 Å². The van der Waals surface area contributed by atoms with Gasteiger partial charge in [-0.25, -0.2) is 0 Å². The number of hydrogen-bond donors (Lipinski definition) is 2. The summed E-state index contributed by atoms with van der Waals surface area (Å²) in [7, 11) is 3.70. The number of rotatable bonds is 8. The van der Waals surface area contributed by atoms with Crippen LogP contribution in [0.15, 0.2) is 18.2 Å². The second kappa shape index (κ2) is 8.12. The van der Waals surface area contributed by atoms with Gasteiger partial charge in [0.2, 0.25) is 0 Å². The third kappa shape index (κ3) is 4.39. The Labute approximate surface area is 122 Å². The molecule has 0 amide bonds. The summed E-state index contributed by atoms with van der Waals surface area (Å²) in [5.74, 6) is 0.885. The summed E-state index contributed by atoms with van der Waals surface area (Å²) in [5.41, 5.74) is 2.24. The van der Waals surface area contributed by atoms with E-state index in [-0.39, 0.29) is 12.1 Å². The van der Waals surface area contributed by atoms with Crippen molar-refractivity contribution in [1.82, 2.24) is 5.32 Å². The van der Waals surface area contributed by atoms with Crippen LogP contribution < -0.4 is 15.0 Å². The van der Waals surface area contributed by atoms with Gasteiger partial charge in [-0.3, -0.25) is 0 Å². The Bertz CT molecular complexity index is 407. The van der Waals surface area contributed by atoms with Crippen LogP contribution in [0.5, 0.6) is 5.75 Å². The fourth-order valence-electron chi connectivity index (χ4n) is 2.44. The van der Waals surface area contributed by atoms with Crippen LogP contribution in [0, 0.1) is 0 Å². The van der Waals surface area contributed by atoms with Gasteiger partial charge in [0.25, 0.3) is 0 Å². The SMILES string of the molecule is CCCNC(C)c1c(OC)cccc1N(C)CC(C)O. The standard InChI is InChI=1S/C16H28N2O2/c1-6-10-17-13(3)16-14(18(4)11-12(2)19)8-7-9-15(16)20-5/h7-9,12-13,17,19H,6,10-11H2,1-5H3. The Morgan fingerprint density at radius 1 is 1.35 bits per heavy atom. The van der Waals surface area contributed by atoms with Crippen molar-refractivity contribution in [3.63, 3.8) is 0 Å². The van der Waals surface area contributed by atoms with Gasteiger partial charge in [0, 0.05) is 30.9 Å². The molecule has 0 spiro atoms. The minimum absolute atomic E-state index is 0.206. The van der Waals surface area contributed by atoms with E-state index in [4.69, 9.17) is 4.74 Å². The summed E-state index contributed by atoms with van der Waals surface area (Å²) in [6.45, 7) is 7.67. The number of methoxy groups -OCH3 is 1. The van der Waals surface area contributed by atoms with E-state index in [0.717, 1.165) is 30.0 Å². The molecule has 2 unspecified atom stereocenters. The molecule has 20 heavy (non-hydrogen) atoms. The quantitative estimate of drug-likeness (QED) is 0.768. The summed E-state index contributed by atoms with van der Waals surface area (Å²) in [5, 5.41) is 13.1. The van der Waals surface area contributed by atoms with Crippen LogP contribution in [0.1, 0.15) is 38.8 Å². The number of hydrogen-bond acceptors (Lipinski definition) is 4. The van der Waals surface area contributed by atoms with Crippen molar-refractivity contribution in [3.05, 3.63) is 23.8 Å². The highest BCUT2D eigenvalue weighted by atomic mass is 16.5. The molecule has 0 fully saturated rings. The van der Waals surface area contributed by atoms with Crippen molar-refractivity contribution in [1.29, 1.82) is 0 Å². The number of ether oxygens (including phenoxy) is 1. The fourth-order valence-corrected chi connectivity index (χ4v) is 2.44. The number of nitrogens with zero attached hydrogens (tertiary/aromatic N) is 1. The highest BCUT2D eigenvalue weighted by Crippen LogP contribution is 2.34. The molecule has 0 radical (unpaired) electrons.